The normalized spacial score (nSPS) is 12.1. The third-order valence-corrected chi connectivity index (χ3v) is 8.14. The average molecular weight is 492 g/mol. The Hall–Kier alpha value is -2.70. The largest absolute Gasteiger partial charge is 0.352 e. The monoisotopic (exact) mass is 491 g/mol. The van der Waals surface area contributed by atoms with Crippen molar-refractivity contribution < 1.29 is 4.79 Å². The molecule has 0 aliphatic carbocycles. The van der Waals surface area contributed by atoms with E-state index < -0.39 is 0 Å². The molecule has 0 radical (unpaired) electrons. The van der Waals surface area contributed by atoms with Gasteiger partial charge in [-0.2, -0.15) is 0 Å². The third-order valence-electron chi connectivity index (χ3n) is 6.39. The molecule has 6 heteroatoms. The number of carbonyl (C=O) groups excluding carboxylic acids is 1. The van der Waals surface area contributed by atoms with Gasteiger partial charge in [-0.3, -0.25) is 4.79 Å². The number of benzene rings is 1. The van der Waals surface area contributed by atoms with Gasteiger partial charge in [0.05, 0.1) is 23.5 Å². The van der Waals surface area contributed by atoms with Crippen LogP contribution in [0.4, 0.5) is 0 Å². The van der Waals surface area contributed by atoms with Crippen LogP contribution in [-0.4, -0.2) is 22.0 Å². The summed E-state index contributed by atoms with van der Waals surface area (Å²) in [6.07, 6.45) is 4.66. The van der Waals surface area contributed by atoms with Crippen LogP contribution < -0.4 is 5.32 Å². The fraction of sp³-hybridized carbons (Fsp3) is 0.357. The topological polar surface area (TPSA) is 46.9 Å². The number of rotatable bonds is 11. The van der Waals surface area contributed by atoms with Gasteiger partial charge in [-0.1, -0.05) is 69.5 Å². The Morgan fingerprint density at radius 2 is 1.94 bits per heavy atom. The summed E-state index contributed by atoms with van der Waals surface area (Å²) in [6.45, 7) is 7.94. The molecular formula is C28H33N3OS2. The predicted octanol–water partition coefficient (Wildman–Crippen LogP) is 7.64. The number of nitrogens with zero attached hydrogens (tertiary/aromatic N) is 2. The van der Waals surface area contributed by atoms with E-state index in [-0.39, 0.29) is 5.91 Å². The number of hydrogen-bond acceptors (Lipinski definition) is 4. The Morgan fingerprint density at radius 1 is 1.12 bits per heavy atom. The zero-order chi connectivity index (χ0) is 23.9. The fourth-order valence-electron chi connectivity index (χ4n) is 4.23. The summed E-state index contributed by atoms with van der Waals surface area (Å²) in [7, 11) is 0. The lowest BCUT2D eigenvalue weighted by Gasteiger charge is -2.15. The van der Waals surface area contributed by atoms with Crippen LogP contribution in [0.15, 0.2) is 59.3 Å². The van der Waals surface area contributed by atoms with Crippen molar-refractivity contribution in [2.75, 3.05) is 6.54 Å². The van der Waals surface area contributed by atoms with Gasteiger partial charge in [-0.25, -0.2) is 4.98 Å². The molecule has 3 heterocycles. The molecule has 0 aliphatic heterocycles. The van der Waals surface area contributed by atoms with E-state index in [1.807, 2.05) is 31.2 Å². The van der Waals surface area contributed by atoms with E-state index in [4.69, 9.17) is 4.98 Å². The first-order chi connectivity index (χ1) is 16.6. The van der Waals surface area contributed by atoms with Crippen molar-refractivity contribution in [2.24, 2.45) is 5.92 Å². The van der Waals surface area contributed by atoms with E-state index in [0.29, 0.717) is 5.92 Å². The molecule has 4 aromatic rings. The minimum atomic E-state index is 0.0112. The highest BCUT2D eigenvalue weighted by atomic mass is 32.1. The van der Waals surface area contributed by atoms with E-state index in [0.717, 1.165) is 59.1 Å². The Morgan fingerprint density at radius 3 is 2.65 bits per heavy atom. The zero-order valence-electron chi connectivity index (χ0n) is 20.2. The molecule has 178 valence electrons. The van der Waals surface area contributed by atoms with Crippen LogP contribution in [0.1, 0.15) is 60.5 Å². The molecule has 1 atom stereocenters. The number of aromatic nitrogens is 2. The highest BCUT2D eigenvalue weighted by Gasteiger charge is 2.21. The van der Waals surface area contributed by atoms with Crippen LogP contribution in [0.5, 0.6) is 0 Å². The Bertz CT molecular complexity index is 1190. The molecule has 1 unspecified atom stereocenters. The molecule has 1 aromatic carbocycles. The van der Waals surface area contributed by atoms with Crippen molar-refractivity contribution in [3.63, 3.8) is 0 Å². The SMILES string of the molecule is CCCCC(CC)CNC(=O)c1cc(-c2csc(-c3ccccc3)n2)n(Cc2cccs2)c1C. The number of carbonyl (C=O) groups is 1. The van der Waals surface area contributed by atoms with Crippen molar-refractivity contribution in [3.05, 3.63) is 75.4 Å². The van der Waals surface area contributed by atoms with Crippen molar-refractivity contribution in [1.82, 2.24) is 14.9 Å². The number of thiazole rings is 1. The highest BCUT2D eigenvalue weighted by Crippen LogP contribution is 2.32. The van der Waals surface area contributed by atoms with Crippen molar-refractivity contribution >= 4 is 28.6 Å². The van der Waals surface area contributed by atoms with Crippen molar-refractivity contribution in [1.29, 1.82) is 0 Å². The zero-order valence-corrected chi connectivity index (χ0v) is 21.8. The van der Waals surface area contributed by atoms with Gasteiger partial charge in [0.1, 0.15) is 5.01 Å². The van der Waals surface area contributed by atoms with E-state index in [9.17, 15) is 4.79 Å². The molecule has 0 saturated carbocycles. The Kier molecular flexibility index (Phi) is 8.35. The molecule has 0 aliphatic rings. The van der Waals surface area contributed by atoms with Crippen LogP contribution in [0.25, 0.3) is 22.0 Å². The smallest absolute Gasteiger partial charge is 0.253 e. The van der Waals surface area contributed by atoms with Gasteiger partial charge in [0.25, 0.3) is 5.91 Å². The molecule has 4 nitrogen and oxygen atoms in total. The molecular weight excluding hydrogens is 458 g/mol. The van der Waals surface area contributed by atoms with E-state index >= 15 is 0 Å². The van der Waals surface area contributed by atoms with Gasteiger partial charge in [0, 0.05) is 28.1 Å². The van der Waals surface area contributed by atoms with E-state index in [2.05, 4.69) is 58.8 Å². The first-order valence-corrected chi connectivity index (χ1v) is 13.9. The number of nitrogens with one attached hydrogen (secondary N) is 1. The molecule has 0 saturated heterocycles. The highest BCUT2D eigenvalue weighted by molar-refractivity contribution is 7.13. The standard InChI is InChI=1S/C28H33N3OS2/c1-4-6-11-21(5-2)17-29-27(32)24-16-26(31(20(24)3)18-23-14-10-15-33-23)25-19-34-28(30-25)22-12-8-7-9-13-22/h7-10,12-16,19,21H,4-6,11,17-18H2,1-3H3,(H,29,32). The summed E-state index contributed by atoms with van der Waals surface area (Å²) in [5, 5.41) is 8.40. The maximum absolute atomic E-state index is 13.2. The molecule has 1 N–H and O–H groups in total. The second kappa shape index (κ2) is 11.6. The van der Waals surface area contributed by atoms with Gasteiger partial charge in [0.15, 0.2) is 0 Å². The van der Waals surface area contributed by atoms with E-state index in [1.165, 1.54) is 17.7 Å². The van der Waals surface area contributed by atoms with Gasteiger partial charge in [-0.05, 0) is 36.8 Å². The van der Waals surface area contributed by atoms with Gasteiger partial charge in [-0.15, -0.1) is 22.7 Å². The second-order valence-corrected chi connectivity index (χ2v) is 10.6. The van der Waals surface area contributed by atoms with Gasteiger partial charge < -0.3 is 9.88 Å². The number of amides is 1. The fourth-order valence-corrected chi connectivity index (χ4v) is 5.74. The maximum Gasteiger partial charge on any atom is 0.253 e. The third kappa shape index (κ3) is 5.68. The lowest BCUT2D eigenvalue weighted by Crippen LogP contribution is -2.29. The first-order valence-electron chi connectivity index (χ1n) is 12.1. The quantitative estimate of drug-likeness (QED) is 0.234. The molecule has 0 bridgehead atoms. The van der Waals surface area contributed by atoms with Crippen LogP contribution in [0, 0.1) is 12.8 Å². The maximum atomic E-state index is 13.2. The lowest BCUT2D eigenvalue weighted by molar-refractivity contribution is 0.0945. The summed E-state index contributed by atoms with van der Waals surface area (Å²) in [5.41, 5.74) is 4.75. The van der Waals surface area contributed by atoms with Crippen LogP contribution in [0.2, 0.25) is 0 Å². The van der Waals surface area contributed by atoms with Crippen LogP contribution in [0.3, 0.4) is 0 Å². The molecule has 0 spiro atoms. The second-order valence-electron chi connectivity index (χ2n) is 8.72. The van der Waals surface area contributed by atoms with Crippen LogP contribution in [-0.2, 0) is 6.54 Å². The summed E-state index contributed by atoms with van der Waals surface area (Å²) in [6, 6.07) is 16.5. The van der Waals surface area contributed by atoms with Crippen LogP contribution >= 0.6 is 22.7 Å². The first kappa shape index (κ1) is 24.4. The van der Waals surface area contributed by atoms with Crippen molar-refractivity contribution in [2.45, 2.75) is 53.0 Å². The van der Waals surface area contributed by atoms with Gasteiger partial charge >= 0.3 is 0 Å². The van der Waals surface area contributed by atoms with E-state index in [1.54, 1.807) is 22.7 Å². The molecule has 3 aromatic heterocycles. The minimum Gasteiger partial charge on any atom is -0.352 e. The average Bonchev–Trinajstić information content (AvgIpc) is 3.62. The summed E-state index contributed by atoms with van der Waals surface area (Å²) >= 11 is 3.38. The number of hydrogen-bond donors (Lipinski definition) is 1. The predicted molar refractivity (Wildman–Crippen MR) is 145 cm³/mol. The molecule has 34 heavy (non-hydrogen) atoms. The summed E-state index contributed by atoms with van der Waals surface area (Å²) in [4.78, 5) is 19.5. The molecule has 1 amide bonds. The Balaban J connectivity index is 1.63. The lowest BCUT2D eigenvalue weighted by atomic mass is 9.99. The Labute approximate surface area is 210 Å². The molecule has 4 rings (SSSR count). The number of unbranched alkanes of at least 4 members (excludes halogenated alkanes) is 1. The van der Waals surface area contributed by atoms with Crippen molar-refractivity contribution in [3.8, 4) is 22.0 Å². The minimum absolute atomic E-state index is 0.0112. The summed E-state index contributed by atoms with van der Waals surface area (Å²) < 4.78 is 2.24. The van der Waals surface area contributed by atoms with Gasteiger partial charge in [0.2, 0.25) is 0 Å². The summed E-state index contributed by atoms with van der Waals surface area (Å²) in [5.74, 6) is 0.543. The molecule has 0 fully saturated rings. The number of thiophene rings is 1.